The summed E-state index contributed by atoms with van der Waals surface area (Å²) in [6, 6.07) is 37.5. The van der Waals surface area contributed by atoms with Gasteiger partial charge in [-0.2, -0.15) is 0 Å². The second kappa shape index (κ2) is 35.4. The van der Waals surface area contributed by atoms with Gasteiger partial charge in [-0.3, -0.25) is 29.7 Å². The molecule has 0 saturated carbocycles. The molecular weight excluding hydrogens is 1110 g/mol. The van der Waals surface area contributed by atoms with Crippen LogP contribution in [0.1, 0.15) is 123 Å². The number of para-hydroxylation sites is 1. The summed E-state index contributed by atoms with van der Waals surface area (Å²) in [7, 11) is 6.29. The van der Waals surface area contributed by atoms with Crippen molar-refractivity contribution in [1.82, 2.24) is 29.7 Å². The number of pyridine rings is 3. The number of aliphatic hydroxyl groups is 3. The van der Waals surface area contributed by atoms with Crippen LogP contribution in [0.3, 0.4) is 0 Å². The number of aromatic nitrogens is 3. The maximum Gasteiger partial charge on any atom is 0.126 e. The molecule has 0 radical (unpaired) electrons. The van der Waals surface area contributed by atoms with Gasteiger partial charge in [0.25, 0.3) is 0 Å². The Morgan fingerprint density at radius 1 is 0.318 bits per heavy atom. The zero-order valence-electron chi connectivity index (χ0n) is 52.9. The lowest BCUT2D eigenvalue weighted by atomic mass is 9.88. The van der Waals surface area contributed by atoms with E-state index >= 15 is 0 Å². The van der Waals surface area contributed by atoms with Crippen molar-refractivity contribution in [2.24, 2.45) is 0 Å². The second-order valence-electron chi connectivity index (χ2n) is 22.4. The summed E-state index contributed by atoms with van der Waals surface area (Å²) in [5.74, 6) is 3.12. The molecule has 472 valence electrons. The molecule has 3 N–H and O–H groups in total. The monoisotopic (exact) mass is 1200 g/mol. The van der Waals surface area contributed by atoms with Crippen molar-refractivity contribution in [3.05, 3.63) is 205 Å². The van der Waals surface area contributed by atoms with Crippen LogP contribution in [0.2, 0.25) is 0 Å². The highest BCUT2D eigenvalue weighted by atomic mass is 16.5. The molecule has 0 amide bonds. The van der Waals surface area contributed by atoms with E-state index in [1.165, 1.54) is 0 Å². The maximum atomic E-state index is 10.0. The summed E-state index contributed by atoms with van der Waals surface area (Å²) < 4.78 is 51.9. The highest BCUT2D eigenvalue weighted by molar-refractivity contribution is 5.58. The number of fused-ring (bicyclic) bond motifs is 8. The van der Waals surface area contributed by atoms with Crippen LogP contribution in [0.5, 0.6) is 23.0 Å². The first-order chi connectivity index (χ1) is 43.0. The Kier molecular flexibility index (Phi) is 26.9. The summed E-state index contributed by atoms with van der Waals surface area (Å²) in [5.41, 5.74) is 15.7. The van der Waals surface area contributed by atoms with E-state index in [1.54, 1.807) is 0 Å². The summed E-state index contributed by atoms with van der Waals surface area (Å²) in [6.45, 7) is 16.2. The molecular formula is C71H92N6O11. The van der Waals surface area contributed by atoms with E-state index in [0.29, 0.717) is 161 Å². The Hall–Kier alpha value is -6.87. The largest absolute Gasteiger partial charge is 0.491 e. The van der Waals surface area contributed by atoms with Crippen LogP contribution in [-0.4, -0.2) is 145 Å². The standard InChI is InChI=1S/C71H92N6O11/c1-8-81-24-28-85-68-54-16-12-17-55(68)39-57-33-52(43-76(6)46-63-19-14-22-66(49-79)73-63)35-59(70(57)87-30-26-83-10-3)41-61-37-53(44-77(7)47-64-20-15-23-67(50-80)74-64)36-60(71(61)88-31-27-84-11-4)40-58-34-51(32-56(38-54)69(58)86-29-25-82-9-2)42-75(5)45-62-18-13-21-65(48-78)72-62/h12-23,32-37,78-80H,8-11,24-31,38-50H2,1-7H3. The van der Waals surface area contributed by atoms with Gasteiger partial charge in [0.05, 0.1) is 80.4 Å². The topological polar surface area (TPSA) is 183 Å². The first-order valence-electron chi connectivity index (χ1n) is 31.1. The minimum atomic E-state index is -0.136. The molecule has 0 atom stereocenters. The van der Waals surface area contributed by atoms with E-state index in [0.717, 1.165) is 101 Å². The van der Waals surface area contributed by atoms with Crippen molar-refractivity contribution in [3.8, 4) is 23.0 Å². The first kappa shape index (κ1) is 67.1. The van der Waals surface area contributed by atoms with Crippen molar-refractivity contribution in [3.63, 3.8) is 0 Å². The SMILES string of the molecule is CCOCCOc1c2cccc1Cc1cc(CN(C)Cc3cccc(CO)n3)cc(c1OCCOCC)Cc1cc(CN(C)Cc3cccc(CO)n3)cc(c1OCCOCC)Cc1cc(CN(C)Cc3cccc(CO)n3)cc(c1OCCOCC)C2. The van der Waals surface area contributed by atoms with E-state index < -0.39 is 0 Å². The summed E-state index contributed by atoms with van der Waals surface area (Å²) in [6.07, 6.45) is 1.84. The summed E-state index contributed by atoms with van der Waals surface area (Å²) >= 11 is 0. The molecule has 0 spiro atoms. The van der Waals surface area contributed by atoms with Gasteiger partial charge in [0.2, 0.25) is 0 Å². The van der Waals surface area contributed by atoms with Crippen molar-refractivity contribution in [2.45, 2.75) is 112 Å². The van der Waals surface area contributed by atoms with Gasteiger partial charge in [-0.15, -0.1) is 0 Å². The van der Waals surface area contributed by atoms with Crippen molar-refractivity contribution < 1.29 is 53.2 Å². The van der Waals surface area contributed by atoms with Crippen molar-refractivity contribution in [1.29, 1.82) is 0 Å². The quantitative estimate of drug-likeness (QED) is 0.0319. The Bertz CT molecular complexity index is 3120. The van der Waals surface area contributed by atoms with E-state index in [-0.39, 0.29) is 19.8 Å². The molecule has 1 aliphatic carbocycles. The number of benzene rings is 4. The maximum absolute atomic E-state index is 10.0. The second-order valence-corrected chi connectivity index (χ2v) is 22.4. The third kappa shape index (κ3) is 20.1. The van der Waals surface area contributed by atoms with Crippen LogP contribution < -0.4 is 18.9 Å². The van der Waals surface area contributed by atoms with Gasteiger partial charge in [0.15, 0.2) is 0 Å². The average molecular weight is 1210 g/mol. The predicted octanol–water partition coefficient (Wildman–Crippen LogP) is 9.58. The lowest BCUT2D eigenvalue weighted by Gasteiger charge is -2.26. The molecule has 17 nitrogen and oxygen atoms in total. The fourth-order valence-corrected chi connectivity index (χ4v) is 11.5. The van der Waals surface area contributed by atoms with Crippen LogP contribution in [0.4, 0.5) is 0 Å². The first-order valence-corrected chi connectivity index (χ1v) is 31.1. The fourth-order valence-electron chi connectivity index (χ4n) is 11.5. The van der Waals surface area contributed by atoms with Gasteiger partial charge in [0, 0.05) is 91.4 Å². The molecule has 3 heterocycles. The average Bonchev–Trinajstić information content (AvgIpc) is 2.86. The van der Waals surface area contributed by atoms with Gasteiger partial charge in [-0.05, 0) is 146 Å². The third-order valence-corrected chi connectivity index (χ3v) is 15.1. The molecule has 88 heavy (non-hydrogen) atoms. The van der Waals surface area contributed by atoms with Gasteiger partial charge >= 0.3 is 0 Å². The zero-order chi connectivity index (χ0) is 62.0. The van der Waals surface area contributed by atoms with Crippen LogP contribution in [0.15, 0.2) is 109 Å². The molecule has 0 fully saturated rings. The number of aliphatic hydroxyl groups excluding tert-OH is 3. The Morgan fingerprint density at radius 2 is 0.557 bits per heavy atom. The van der Waals surface area contributed by atoms with E-state index in [4.69, 9.17) is 52.8 Å². The molecule has 3 aromatic heterocycles. The molecule has 0 unspecified atom stereocenters. The molecule has 17 heteroatoms. The Morgan fingerprint density at radius 3 is 0.818 bits per heavy atom. The number of ether oxygens (including phenoxy) is 8. The lowest BCUT2D eigenvalue weighted by molar-refractivity contribution is 0.108. The minimum absolute atomic E-state index is 0.130. The number of hydrogen-bond acceptors (Lipinski definition) is 17. The van der Waals surface area contributed by atoms with Gasteiger partial charge < -0.3 is 53.2 Å². The van der Waals surface area contributed by atoms with E-state index in [2.05, 4.69) is 90.4 Å². The van der Waals surface area contributed by atoms with Gasteiger partial charge in [0.1, 0.15) is 49.4 Å². The number of rotatable bonds is 35. The molecule has 4 aromatic carbocycles. The van der Waals surface area contributed by atoms with E-state index in [1.807, 2.05) is 82.3 Å². The van der Waals surface area contributed by atoms with Crippen molar-refractivity contribution >= 4 is 0 Å². The van der Waals surface area contributed by atoms with E-state index in [9.17, 15) is 15.3 Å². The lowest BCUT2D eigenvalue weighted by Crippen LogP contribution is -2.20. The van der Waals surface area contributed by atoms with Gasteiger partial charge in [-0.1, -0.05) is 72.8 Å². The van der Waals surface area contributed by atoms with Crippen LogP contribution in [0.25, 0.3) is 0 Å². The normalized spacial score (nSPS) is 12.3. The summed E-state index contributed by atoms with van der Waals surface area (Å²) in [4.78, 5) is 21.0. The van der Waals surface area contributed by atoms with Crippen molar-refractivity contribution in [2.75, 3.05) is 100 Å². The molecule has 8 bridgehead atoms. The summed E-state index contributed by atoms with van der Waals surface area (Å²) in [5, 5.41) is 30.0. The molecule has 1 aliphatic rings. The highest BCUT2D eigenvalue weighted by Gasteiger charge is 2.26. The predicted molar refractivity (Wildman–Crippen MR) is 341 cm³/mol. The minimum Gasteiger partial charge on any atom is -0.491 e. The molecule has 8 rings (SSSR count). The number of nitrogens with zero attached hydrogens (tertiary/aromatic N) is 6. The number of hydrogen-bond donors (Lipinski definition) is 3. The van der Waals surface area contributed by atoms with Crippen LogP contribution >= 0.6 is 0 Å². The van der Waals surface area contributed by atoms with Crippen LogP contribution in [0, 0.1) is 0 Å². The molecule has 0 aliphatic heterocycles. The smallest absolute Gasteiger partial charge is 0.126 e. The zero-order valence-corrected chi connectivity index (χ0v) is 52.9. The van der Waals surface area contributed by atoms with Crippen LogP contribution in [-0.2, 0) is 104 Å². The highest BCUT2D eigenvalue weighted by Crippen LogP contribution is 2.41. The molecule has 7 aromatic rings. The van der Waals surface area contributed by atoms with Gasteiger partial charge in [-0.25, -0.2) is 0 Å². The Balaban J connectivity index is 1.37. The molecule has 0 saturated heterocycles. The third-order valence-electron chi connectivity index (χ3n) is 15.1. The Labute approximate surface area is 521 Å². The fraction of sp³-hybridized carbons (Fsp3) is 0.451.